The smallest absolute Gasteiger partial charge is 0.142 e. The standard InChI is InChI=1S/C10H12BrFO/c1-10(12,7-11)8-3-5-9(13-2)6-4-8/h3-6H,7H2,1-2H3/t10-/m1/s1. The fourth-order valence-corrected chi connectivity index (χ4v) is 1.34. The number of methoxy groups -OCH3 is 1. The first-order chi connectivity index (χ1) is 6.10. The highest BCUT2D eigenvalue weighted by atomic mass is 79.9. The van der Waals surface area contributed by atoms with Gasteiger partial charge in [0.15, 0.2) is 0 Å². The summed E-state index contributed by atoms with van der Waals surface area (Å²) >= 11 is 3.14. The van der Waals surface area contributed by atoms with Crippen molar-refractivity contribution in [3.63, 3.8) is 0 Å². The molecule has 0 unspecified atom stereocenters. The first-order valence-electron chi connectivity index (χ1n) is 3.99. The number of halogens is 2. The van der Waals surface area contributed by atoms with Gasteiger partial charge in [-0.2, -0.15) is 0 Å². The molecular weight excluding hydrogens is 235 g/mol. The average Bonchev–Trinajstić information content (AvgIpc) is 2.18. The summed E-state index contributed by atoms with van der Waals surface area (Å²) in [6.45, 7) is 1.55. The van der Waals surface area contributed by atoms with Crippen molar-refractivity contribution in [2.45, 2.75) is 12.6 Å². The molecule has 0 aromatic heterocycles. The summed E-state index contributed by atoms with van der Waals surface area (Å²) in [5, 5.41) is 0.298. The van der Waals surface area contributed by atoms with E-state index in [4.69, 9.17) is 4.74 Å². The van der Waals surface area contributed by atoms with Gasteiger partial charge in [0, 0.05) is 5.33 Å². The van der Waals surface area contributed by atoms with Gasteiger partial charge in [0.05, 0.1) is 7.11 Å². The summed E-state index contributed by atoms with van der Waals surface area (Å²) < 4.78 is 18.7. The Kier molecular flexibility index (Phi) is 3.31. The van der Waals surface area contributed by atoms with E-state index in [9.17, 15) is 4.39 Å². The summed E-state index contributed by atoms with van der Waals surface area (Å²) in [6.07, 6.45) is 0. The molecule has 72 valence electrons. The van der Waals surface area contributed by atoms with Crippen LogP contribution in [-0.4, -0.2) is 12.4 Å². The van der Waals surface area contributed by atoms with Crippen LogP contribution in [0.1, 0.15) is 12.5 Å². The second-order valence-electron chi connectivity index (χ2n) is 3.06. The summed E-state index contributed by atoms with van der Waals surface area (Å²) in [4.78, 5) is 0. The molecule has 0 fully saturated rings. The zero-order chi connectivity index (χ0) is 9.90. The summed E-state index contributed by atoms with van der Waals surface area (Å²) in [5.74, 6) is 0.745. The van der Waals surface area contributed by atoms with Gasteiger partial charge in [0.25, 0.3) is 0 Å². The molecule has 0 radical (unpaired) electrons. The van der Waals surface area contributed by atoms with E-state index >= 15 is 0 Å². The molecule has 1 rings (SSSR count). The maximum atomic E-state index is 13.7. The van der Waals surface area contributed by atoms with Gasteiger partial charge in [-0.15, -0.1) is 0 Å². The largest absolute Gasteiger partial charge is 0.497 e. The van der Waals surface area contributed by atoms with E-state index < -0.39 is 5.67 Å². The Hall–Kier alpha value is -0.570. The zero-order valence-electron chi connectivity index (χ0n) is 7.68. The lowest BCUT2D eigenvalue weighted by Crippen LogP contribution is -2.16. The third kappa shape index (κ3) is 2.44. The predicted octanol–water partition coefficient (Wildman–Crippen LogP) is 3.27. The van der Waals surface area contributed by atoms with Crippen molar-refractivity contribution < 1.29 is 9.13 Å². The van der Waals surface area contributed by atoms with Crippen LogP contribution in [0.2, 0.25) is 0 Å². The molecular formula is C10H12BrFO. The maximum Gasteiger partial charge on any atom is 0.142 e. The normalized spacial score (nSPS) is 15.1. The molecule has 0 aliphatic rings. The number of alkyl halides is 2. The Labute approximate surface area is 86.0 Å². The molecule has 1 aromatic carbocycles. The first kappa shape index (κ1) is 10.5. The first-order valence-corrected chi connectivity index (χ1v) is 5.12. The number of ether oxygens (including phenoxy) is 1. The monoisotopic (exact) mass is 246 g/mol. The molecule has 1 atom stereocenters. The minimum atomic E-state index is -1.31. The number of rotatable bonds is 3. The minimum Gasteiger partial charge on any atom is -0.497 e. The van der Waals surface area contributed by atoms with Crippen LogP contribution < -0.4 is 4.74 Å². The molecule has 0 saturated heterocycles. The van der Waals surface area contributed by atoms with Crippen molar-refractivity contribution in [1.82, 2.24) is 0 Å². The van der Waals surface area contributed by atoms with Crippen molar-refractivity contribution in [2.24, 2.45) is 0 Å². The van der Waals surface area contributed by atoms with E-state index in [-0.39, 0.29) is 0 Å². The molecule has 1 aromatic rings. The lowest BCUT2D eigenvalue weighted by Gasteiger charge is -2.17. The van der Waals surface area contributed by atoms with Gasteiger partial charge in [-0.1, -0.05) is 28.1 Å². The maximum absolute atomic E-state index is 13.7. The molecule has 0 heterocycles. The highest BCUT2D eigenvalue weighted by molar-refractivity contribution is 9.09. The molecule has 0 aliphatic carbocycles. The fourth-order valence-electron chi connectivity index (χ4n) is 1.02. The minimum absolute atomic E-state index is 0.298. The van der Waals surface area contributed by atoms with Crippen molar-refractivity contribution in [3.8, 4) is 5.75 Å². The highest BCUT2D eigenvalue weighted by Crippen LogP contribution is 2.28. The molecule has 13 heavy (non-hydrogen) atoms. The Balaban J connectivity index is 2.92. The summed E-state index contributed by atoms with van der Waals surface area (Å²) in [5.41, 5.74) is -0.656. The van der Waals surface area contributed by atoms with Crippen LogP contribution in [-0.2, 0) is 5.67 Å². The number of benzene rings is 1. The SMILES string of the molecule is COc1ccc([C@](C)(F)CBr)cc1. The third-order valence-electron chi connectivity index (χ3n) is 1.94. The topological polar surface area (TPSA) is 9.23 Å². The zero-order valence-corrected chi connectivity index (χ0v) is 9.27. The van der Waals surface area contributed by atoms with E-state index in [0.717, 1.165) is 5.75 Å². The van der Waals surface area contributed by atoms with Gasteiger partial charge < -0.3 is 4.74 Å². The quantitative estimate of drug-likeness (QED) is 0.745. The highest BCUT2D eigenvalue weighted by Gasteiger charge is 2.23. The van der Waals surface area contributed by atoms with Gasteiger partial charge in [0.2, 0.25) is 0 Å². The Morgan fingerprint density at radius 2 is 1.92 bits per heavy atom. The molecule has 0 amide bonds. The second kappa shape index (κ2) is 4.09. The van der Waals surface area contributed by atoms with Gasteiger partial charge in [-0.05, 0) is 24.6 Å². The van der Waals surface area contributed by atoms with Crippen LogP contribution in [0.15, 0.2) is 24.3 Å². The third-order valence-corrected chi connectivity index (χ3v) is 3.00. The Morgan fingerprint density at radius 1 is 1.38 bits per heavy atom. The lowest BCUT2D eigenvalue weighted by molar-refractivity contribution is 0.230. The van der Waals surface area contributed by atoms with E-state index in [0.29, 0.717) is 10.9 Å². The van der Waals surface area contributed by atoms with Crippen LogP contribution >= 0.6 is 15.9 Å². The van der Waals surface area contributed by atoms with Crippen LogP contribution in [0, 0.1) is 0 Å². The van der Waals surface area contributed by atoms with Gasteiger partial charge in [-0.25, -0.2) is 4.39 Å². The predicted molar refractivity (Wildman–Crippen MR) is 55.2 cm³/mol. The Morgan fingerprint density at radius 3 is 2.31 bits per heavy atom. The van der Waals surface area contributed by atoms with E-state index in [2.05, 4.69) is 15.9 Å². The molecule has 0 saturated carbocycles. The van der Waals surface area contributed by atoms with Crippen molar-refractivity contribution >= 4 is 15.9 Å². The summed E-state index contributed by atoms with van der Waals surface area (Å²) in [6, 6.07) is 6.99. The van der Waals surface area contributed by atoms with E-state index in [1.54, 1.807) is 38.3 Å². The molecule has 0 bridgehead atoms. The van der Waals surface area contributed by atoms with Crippen LogP contribution in [0.5, 0.6) is 5.75 Å². The molecule has 3 heteroatoms. The van der Waals surface area contributed by atoms with Gasteiger partial charge >= 0.3 is 0 Å². The van der Waals surface area contributed by atoms with Crippen molar-refractivity contribution in [1.29, 1.82) is 0 Å². The van der Waals surface area contributed by atoms with Crippen molar-refractivity contribution in [2.75, 3.05) is 12.4 Å². The lowest BCUT2D eigenvalue weighted by atomic mass is 10.0. The second-order valence-corrected chi connectivity index (χ2v) is 3.62. The van der Waals surface area contributed by atoms with Crippen LogP contribution in [0.3, 0.4) is 0 Å². The van der Waals surface area contributed by atoms with Crippen molar-refractivity contribution in [3.05, 3.63) is 29.8 Å². The van der Waals surface area contributed by atoms with Crippen LogP contribution in [0.25, 0.3) is 0 Å². The average molecular weight is 247 g/mol. The van der Waals surface area contributed by atoms with Gasteiger partial charge in [-0.3, -0.25) is 0 Å². The van der Waals surface area contributed by atoms with Crippen LogP contribution in [0.4, 0.5) is 4.39 Å². The van der Waals surface area contributed by atoms with E-state index in [1.165, 1.54) is 0 Å². The molecule has 0 aliphatic heterocycles. The molecule has 0 N–H and O–H groups in total. The molecule has 1 nitrogen and oxygen atoms in total. The van der Waals surface area contributed by atoms with Gasteiger partial charge in [0.1, 0.15) is 11.4 Å². The number of hydrogen-bond donors (Lipinski definition) is 0. The Bertz CT molecular complexity index is 269. The number of hydrogen-bond acceptors (Lipinski definition) is 1. The fraction of sp³-hybridized carbons (Fsp3) is 0.400. The summed E-state index contributed by atoms with van der Waals surface area (Å²) in [7, 11) is 1.59. The molecule has 0 spiro atoms. The van der Waals surface area contributed by atoms with E-state index in [1.807, 2.05) is 0 Å².